The summed E-state index contributed by atoms with van der Waals surface area (Å²) >= 11 is 0. The van der Waals surface area contributed by atoms with Crippen molar-refractivity contribution in [3.8, 4) is 17.2 Å². The van der Waals surface area contributed by atoms with Gasteiger partial charge in [0.15, 0.2) is 0 Å². The Labute approximate surface area is 247 Å². The van der Waals surface area contributed by atoms with Crippen molar-refractivity contribution in [2.45, 2.75) is 76.7 Å². The van der Waals surface area contributed by atoms with Gasteiger partial charge in [0.1, 0.15) is 35.0 Å². The monoisotopic (exact) mass is 570 g/mol. The van der Waals surface area contributed by atoms with Crippen molar-refractivity contribution < 1.29 is 23.9 Å². The predicted octanol–water partition coefficient (Wildman–Crippen LogP) is 5.77. The van der Waals surface area contributed by atoms with Crippen LogP contribution in [0.4, 0.5) is 5.82 Å². The maximum Gasteiger partial charge on any atom is 0.497 e. The molecule has 0 radical (unpaired) electrons. The number of phenolic OH excluding ortho intramolecular Hbond substituents is 1. The summed E-state index contributed by atoms with van der Waals surface area (Å²) in [6.45, 7) is 8.26. The molecule has 1 aliphatic heterocycles. The fraction of sp³-hybridized carbons (Fsp3) is 0.438. The first-order valence-electron chi connectivity index (χ1n) is 14.6. The van der Waals surface area contributed by atoms with Crippen molar-refractivity contribution in [3.63, 3.8) is 0 Å². The molecule has 1 saturated heterocycles. The van der Waals surface area contributed by atoms with Gasteiger partial charge in [0.25, 0.3) is 0 Å². The van der Waals surface area contributed by atoms with Gasteiger partial charge in [-0.2, -0.15) is 0 Å². The molecule has 2 aliphatic rings. The van der Waals surface area contributed by atoms with E-state index >= 15 is 0 Å². The van der Waals surface area contributed by atoms with Crippen molar-refractivity contribution in [2.75, 3.05) is 19.5 Å². The van der Waals surface area contributed by atoms with Crippen LogP contribution in [0.25, 0.3) is 11.0 Å². The Morgan fingerprint density at radius 3 is 2.31 bits per heavy atom. The highest BCUT2D eigenvalue weighted by Crippen LogP contribution is 2.41. The second-order valence-electron chi connectivity index (χ2n) is 12.2. The zero-order chi connectivity index (χ0) is 29.6. The van der Waals surface area contributed by atoms with E-state index in [2.05, 4.69) is 43.8 Å². The number of methoxy groups -OCH3 is 2. The summed E-state index contributed by atoms with van der Waals surface area (Å²) in [5.41, 5.74) is 2.60. The third kappa shape index (κ3) is 4.96. The number of aromatic hydroxyl groups is 1. The van der Waals surface area contributed by atoms with Gasteiger partial charge in [-0.25, -0.2) is 9.97 Å². The van der Waals surface area contributed by atoms with Crippen molar-refractivity contribution in [1.29, 1.82) is 0 Å². The predicted molar refractivity (Wildman–Crippen MR) is 164 cm³/mol. The first kappa shape index (κ1) is 28.4. The summed E-state index contributed by atoms with van der Waals surface area (Å²) in [7, 11) is 2.70. The Kier molecular flexibility index (Phi) is 7.31. The van der Waals surface area contributed by atoms with E-state index in [9.17, 15) is 5.11 Å². The maximum absolute atomic E-state index is 10.0. The van der Waals surface area contributed by atoms with E-state index in [1.54, 1.807) is 32.7 Å². The lowest BCUT2D eigenvalue weighted by molar-refractivity contribution is 0.00578. The summed E-state index contributed by atoms with van der Waals surface area (Å²) < 4.78 is 26.7. The number of nitrogens with zero attached hydrogens (tertiary/aromatic N) is 3. The van der Waals surface area contributed by atoms with Crippen molar-refractivity contribution >= 4 is 29.4 Å². The third-order valence-corrected chi connectivity index (χ3v) is 9.12. The fourth-order valence-electron chi connectivity index (χ4n) is 6.03. The SMILES string of the molecule is COc1ccc(C(Nc2ncnc3c2c(B2OC(C)(C)C(C)(C)O2)cn3C2CCCC2)c2ccc(O)cc2)c(OC)c1. The van der Waals surface area contributed by atoms with E-state index in [0.717, 1.165) is 40.5 Å². The molecule has 6 rings (SSSR count). The average molecular weight is 570 g/mol. The largest absolute Gasteiger partial charge is 0.508 e. The van der Waals surface area contributed by atoms with Crippen molar-refractivity contribution in [2.24, 2.45) is 0 Å². The number of aromatic nitrogens is 3. The van der Waals surface area contributed by atoms with Crippen LogP contribution >= 0.6 is 0 Å². The van der Waals surface area contributed by atoms with Crippen molar-refractivity contribution in [3.05, 3.63) is 66.1 Å². The van der Waals surface area contributed by atoms with Gasteiger partial charge < -0.3 is 33.8 Å². The quantitative estimate of drug-likeness (QED) is 0.258. The zero-order valence-corrected chi connectivity index (χ0v) is 25.2. The normalized spacial score (nSPS) is 18.9. The molecule has 1 unspecified atom stereocenters. The van der Waals surface area contributed by atoms with Gasteiger partial charge in [0.2, 0.25) is 0 Å². The second-order valence-corrected chi connectivity index (χ2v) is 12.2. The standard InChI is InChI=1S/C32H39BN4O5/c1-31(2)32(3,4)42-33(41-31)25-18-37(21-9-7-8-10-21)30-27(25)29(34-19-35-30)36-28(20-11-13-22(38)14-12-20)24-16-15-23(39-5)17-26(24)40-6/h11-19,21,28,38H,7-10H2,1-6H3,(H,34,35,36). The molecule has 2 fully saturated rings. The molecule has 2 N–H and O–H groups in total. The van der Waals surface area contributed by atoms with Gasteiger partial charge in [-0.05, 0) is 70.4 Å². The minimum atomic E-state index is -0.575. The first-order valence-corrected chi connectivity index (χ1v) is 14.6. The second kappa shape index (κ2) is 10.8. The van der Waals surface area contributed by atoms with Crippen molar-refractivity contribution in [1.82, 2.24) is 14.5 Å². The molecule has 2 aromatic heterocycles. The Bertz CT molecular complexity index is 1560. The Morgan fingerprint density at radius 1 is 0.976 bits per heavy atom. The number of benzene rings is 2. The molecule has 2 aromatic carbocycles. The molecule has 1 atom stereocenters. The van der Waals surface area contributed by atoms with Crippen LogP contribution in [-0.2, 0) is 9.31 Å². The van der Waals surface area contributed by atoms with Crippen LogP contribution in [0.15, 0.2) is 55.0 Å². The van der Waals surface area contributed by atoms with E-state index in [0.29, 0.717) is 23.4 Å². The molecular weight excluding hydrogens is 531 g/mol. The number of hydrogen-bond donors (Lipinski definition) is 2. The molecule has 0 amide bonds. The highest BCUT2D eigenvalue weighted by molar-refractivity contribution is 6.65. The van der Waals surface area contributed by atoms with Gasteiger partial charge in [-0.3, -0.25) is 0 Å². The van der Waals surface area contributed by atoms with Crippen LogP contribution in [0.5, 0.6) is 17.2 Å². The number of anilines is 1. The van der Waals surface area contributed by atoms with Crippen LogP contribution in [0.3, 0.4) is 0 Å². The Hall–Kier alpha value is -3.76. The summed E-state index contributed by atoms with van der Waals surface area (Å²) in [5.74, 6) is 2.22. The first-order chi connectivity index (χ1) is 20.1. The van der Waals surface area contributed by atoms with E-state index < -0.39 is 18.3 Å². The number of phenols is 1. The Balaban J connectivity index is 1.51. The highest BCUT2D eigenvalue weighted by atomic mass is 16.7. The number of fused-ring (bicyclic) bond motifs is 1. The smallest absolute Gasteiger partial charge is 0.497 e. The third-order valence-electron chi connectivity index (χ3n) is 9.12. The molecule has 42 heavy (non-hydrogen) atoms. The molecule has 3 heterocycles. The summed E-state index contributed by atoms with van der Waals surface area (Å²) in [4.78, 5) is 9.59. The molecule has 0 spiro atoms. The van der Waals surface area contributed by atoms with E-state index in [-0.39, 0.29) is 11.8 Å². The topological polar surface area (TPSA) is 99.9 Å². The Morgan fingerprint density at radius 2 is 1.67 bits per heavy atom. The fourth-order valence-corrected chi connectivity index (χ4v) is 6.03. The molecule has 9 nitrogen and oxygen atoms in total. The van der Waals surface area contributed by atoms with E-state index in [1.807, 2.05) is 30.3 Å². The molecule has 0 bridgehead atoms. The molecule has 220 valence electrons. The molecule has 10 heteroatoms. The lowest BCUT2D eigenvalue weighted by atomic mass is 9.79. The zero-order valence-electron chi connectivity index (χ0n) is 25.2. The molecule has 1 aliphatic carbocycles. The average Bonchev–Trinajstić information content (AvgIpc) is 3.68. The number of ether oxygens (including phenoxy) is 2. The number of hydrogen-bond acceptors (Lipinski definition) is 8. The van der Waals surface area contributed by atoms with Gasteiger partial charge >= 0.3 is 7.12 Å². The van der Waals surface area contributed by atoms with Gasteiger partial charge in [0, 0.05) is 29.3 Å². The van der Waals surface area contributed by atoms with Crippen LogP contribution in [-0.4, -0.2) is 52.2 Å². The van der Waals surface area contributed by atoms with Gasteiger partial charge in [0.05, 0.1) is 36.8 Å². The summed E-state index contributed by atoms with van der Waals surface area (Å²) in [6.07, 6.45) is 8.39. The van der Waals surface area contributed by atoms with E-state index in [4.69, 9.17) is 28.8 Å². The maximum atomic E-state index is 10.0. The van der Waals surface area contributed by atoms with E-state index in [1.165, 1.54) is 12.8 Å². The van der Waals surface area contributed by atoms with Crippen LogP contribution < -0.4 is 20.3 Å². The minimum absolute atomic E-state index is 0.195. The number of nitrogens with one attached hydrogen (secondary N) is 1. The summed E-state index contributed by atoms with van der Waals surface area (Å²) in [6, 6.07) is 12.9. The van der Waals surface area contributed by atoms with Crippen LogP contribution in [0.1, 0.15) is 76.6 Å². The van der Waals surface area contributed by atoms with Gasteiger partial charge in [-0.15, -0.1) is 0 Å². The minimum Gasteiger partial charge on any atom is -0.508 e. The van der Waals surface area contributed by atoms with Crippen LogP contribution in [0.2, 0.25) is 0 Å². The highest BCUT2D eigenvalue weighted by Gasteiger charge is 2.53. The lowest BCUT2D eigenvalue weighted by Gasteiger charge is -2.32. The molecule has 4 aromatic rings. The summed E-state index contributed by atoms with van der Waals surface area (Å²) in [5, 5.41) is 14.6. The van der Waals surface area contributed by atoms with Gasteiger partial charge in [-0.1, -0.05) is 25.0 Å². The number of rotatable bonds is 8. The molecule has 1 saturated carbocycles. The van der Waals surface area contributed by atoms with Crippen LogP contribution in [0, 0.1) is 0 Å². The molecular formula is C32H39BN4O5. The lowest BCUT2D eigenvalue weighted by Crippen LogP contribution is -2.41.